The third-order valence-corrected chi connectivity index (χ3v) is 4.17. The van der Waals surface area contributed by atoms with Gasteiger partial charge in [-0.15, -0.1) is 0 Å². The van der Waals surface area contributed by atoms with Gasteiger partial charge in [-0.05, 0) is 30.3 Å². The lowest BCUT2D eigenvalue weighted by Gasteiger charge is -2.30. The van der Waals surface area contributed by atoms with E-state index in [0.29, 0.717) is 22.8 Å². The lowest BCUT2D eigenvalue weighted by atomic mass is 9.95. The molecule has 0 saturated carbocycles. The number of aliphatic hydroxyl groups excluding tert-OH is 1. The van der Waals surface area contributed by atoms with Crippen molar-refractivity contribution in [3.8, 4) is 5.75 Å². The summed E-state index contributed by atoms with van der Waals surface area (Å²) in [6, 6.07) is 9.67. The van der Waals surface area contributed by atoms with E-state index in [2.05, 4.69) is 15.9 Å². The molecule has 0 fully saturated rings. The van der Waals surface area contributed by atoms with Crippen molar-refractivity contribution in [1.82, 2.24) is 0 Å². The van der Waals surface area contributed by atoms with E-state index >= 15 is 0 Å². The highest BCUT2D eigenvalue weighted by molar-refractivity contribution is 9.10. The number of hydrogen-bond donors (Lipinski definition) is 1. The van der Waals surface area contributed by atoms with E-state index < -0.39 is 6.10 Å². The number of aliphatic hydroxyl groups is 1. The summed E-state index contributed by atoms with van der Waals surface area (Å²) in [6.07, 6.45) is -0.636. The van der Waals surface area contributed by atoms with E-state index in [1.54, 1.807) is 12.1 Å². The van der Waals surface area contributed by atoms with Gasteiger partial charge in [-0.2, -0.15) is 0 Å². The van der Waals surface area contributed by atoms with Crippen molar-refractivity contribution in [2.24, 2.45) is 0 Å². The highest BCUT2D eigenvalue weighted by Gasteiger charge is 2.29. The Balaban J connectivity index is 1.97. The first kappa shape index (κ1) is 13.9. The molecule has 1 unspecified atom stereocenters. The van der Waals surface area contributed by atoms with Crippen molar-refractivity contribution in [2.45, 2.75) is 18.6 Å². The molecule has 0 spiro atoms. The summed E-state index contributed by atoms with van der Waals surface area (Å²) in [6.45, 7) is 0. The maximum atomic E-state index is 13.1. The van der Waals surface area contributed by atoms with Gasteiger partial charge < -0.3 is 9.84 Å². The first-order chi connectivity index (χ1) is 9.54. The molecule has 5 heteroatoms. The van der Waals surface area contributed by atoms with Crippen LogP contribution in [0.4, 0.5) is 4.39 Å². The maximum Gasteiger partial charge on any atom is 0.128 e. The molecule has 104 valence electrons. The summed E-state index contributed by atoms with van der Waals surface area (Å²) in [5.41, 5.74) is 1.43. The molecule has 2 nitrogen and oxygen atoms in total. The number of fused-ring (bicyclic) bond motifs is 1. The largest absolute Gasteiger partial charge is 0.485 e. The van der Waals surface area contributed by atoms with Crippen LogP contribution in [0, 0.1) is 5.82 Å². The van der Waals surface area contributed by atoms with Crippen LogP contribution in [0.2, 0.25) is 5.02 Å². The average molecular weight is 358 g/mol. The fourth-order valence-corrected chi connectivity index (χ4v) is 3.04. The summed E-state index contributed by atoms with van der Waals surface area (Å²) in [7, 11) is 0. The zero-order chi connectivity index (χ0) is 14.3. The van der Waals surface area contributed by atoms with E-state index in [4.69, 9.17) is 16.3 Å². The molecular formula is C15H11BrClFO2. The fraction of sp³-hybridized carbons (Fsp3) is 0.200. The number of ether oxygens (including phenoxy) is 1. The van der Waals surface area contributed by atoms with E-state index in [9.17, 15) is 9.50 Å². The van der Waals surface area contributed by atoms with Gasteiger partial charge in [-0.25, -0.2) is 4.39 Å². The third-order valence-electron chi connectivity index (χ3n) is 3.35. The maximum absolute atomic E-state index is 13.1. The van der Waals surface area contributed by atoms with Gasteiger partial charge in [-0.1, -0.05) is 33.6 Å². The van der Waals surface area contributed by atoms with Crippen molar-refractivity contribution in [3.63, 3.8) is 0 Å². The van der Waals surface area contributed by atoms with Gasteiger partial charge in [0.15, 0.2) is 0 Å². The van der Waals surface area contributed by atoms with Crippen molar-refractivity contribution in [2.75, 3.05) is 0 Å². The van der Waals surface area contributed by atoms with Crippen LogP contribution in [-0.2, 0) is 0 Å². The molecule has 2 aromatic rings. The van der Waals surface area contributed by atoms with Crippen LogP contribution in [0.1, 0.15) is 29.8 Å². The van der Waals surface area contributed by atoms with Crippen LogP contribution in [0.25, 0.3) is 0 Å². The zero-order valence-corrected chi connectivity index (χ0v) is 12.7. The highest BCUT2D eigenvalue weighted by Crippen LogP contribution is 2.43. The topological polar surface area (TPSA) is 29.5 Å². The monoisotopic (exact) mass is 356 g/mol. The molecule has 2 aromatic carbocycles. The van der Waals surface area contributed by atoms with Gasteiger partial charge in [0.05, 0.1) is 11.1 Å². The SMILES string of the molecule is O[C@H]1CC(c2ccc(F)cc2Cl)Oc2ccc(Br)cc21. The lowest BCUT2D eigenvalue weighted by Crippen LogP contribution is -2.19. The van der Waals surface area contributed by atoms with Crippen LogP contribution in [0.15, 0.2) is 40.9 Å². The molecule has 0 amide bonds. The van der Waals surface area contributed by atoms with E-state index in [1.165, 1.54) is 12.1 Å². The number of hydrogen-bond acceptors (Lipinski definition) is 2. The Morgan fingerprint density at radius 3 is 2.75 bits per heavy atom. The first-order valence-corrected chi connectivity index (χ1v) is 7.31. The van der Waals surface area contributed by atoms with Crippen LogP contribution in [-0.4, -0.2) is 5.11 Å². The average Bonchev–Trinajstić information content (AvgIpc) is 2.39. The minimum Gasteiger partial charge on any atom is -0.485 e. The molecule has 1 N–H and O–H groups in total. The van der Waals surface area contributed by atoms with E-state index in [0.717, 1.165) is 10.0 Å². The van der Waals surface area contributed by atoms with Gasteiger partial charge in [0.2, 0.25) is 0 Å². The van der Waals surface area contributed by atoms with Crippen LogP contribution in [0.5, 0.6) is 5.75 Å². The van der Waals surface area contributed by atoms with Crippen LogP contribution < -0.4 is 4.74 Å². The Kier molecular flexibility index (Phi) is 3.71. The summed E-state index contributed by atoms with van der Waals surface area (Å²) in [5, 5.41) is 10.6. The van der Waals surface area contributed by atoms with Gasteiger partial charge in [0, 0.05) is 22.0 Å². The highest BCUT2D eigenvalue weighted by atomic mass is 79.9. The van der Waals surface area contributed by atoms with E-state index in [1.807, 2.05) is 12.1 Å². The van der Waals surface area contributed by atoms with Gasteiger partial charge in [-0.3, -0.25) is 0 Å². The Morgan fingerprint density at radius 2 is 2.00 bits per heavy atom. The van der Waals surface area contributed by atoms with Gasteiger partial charge in [0.1, 0.15) is 17.7 Å². The fourth-order valence-electron chi connectivity index (χ4n) is 2.37. The Hall–Kier alpha value is -1.10. The second-order valence-corrected chi connectivity index (χ2v) is 6.03. The quantitative estimate of drug-likeness (QED) is 0.794. The number of halogens is 3. The van der Waals surface area contributed by atoms with Crippen molar-refractivity contribution in [3.05, 3.63) is 62.8 Å². The molecular weight excluding hydrogens is 347 g/mol. The first-order valence-electron chi connectivity index (χ1n) is 6.13. The molecule has 0 aliphatic carbocycles. The summed E-state index contributed by atoms with van der Waals surface area (Å²) in [5.74, 6) is 0.233. The van der Waals surface area contributed by atoms with Crippen LogP contribution >= 0.6 is 27.5 Å². The Morgan fingerprint density at radius 1 is 1.20 bits per heavy atom. The van der Waals surface area contributed by atoms with Crippen molar-refractivity contribution in [1.29, 1.82) is 0 Å². The van der Waals surface area contributed by atoms with Gasteiger partial charge >= 0.3 is 0 Å². The zero-order valence-electron chi connectivity index (χ0n) is 10.3. The second-order valence-electron chi connectivity index (χ2n) is 4.71. The summed E-state index contributed by atoms with van der Waals surface area (Å²) >= 11 is 9.42. The van der Waals surface area contributed by atoms with Crippen LogP contribution in [0.3, 0.4) is 0 Å². The molecule has 1 heterocycles. The van der Waals surface area contributed by atoms with Crippen molar-refractivity contribution < 1.29 is 14.2 Å². The molecule has 0 radical (unpaired) electrons. The number of rotatable bonds is 1. The van der Waals surface area contributed by atoms with E-state index in [-0.39, 0.29) is 11.9 Å². The molecule has 0 aromatic heterocycles. The number of benzene rings is 2. The smallest absolute Gasteiger partial charge is 0.128 e. The minimum absolute atomic E-state index is 0.308. The predicted molar refractivity (Wildman–Crippen MR) is 78.5 cm³/mol. The molecule has 0 bridgehead atoms. The molecule has 3 rings (SSSR count). The predicted octanol–water partition coefficient (Wildman–Crippen LogP) is 4.80. The molecule has 2 atom stereocenters. The lowest BCUT2D eigenvalue weighted by molar-refractivity contribution is 0.0657. The third kappa shape index (κ3) is 2.55. The minimum atomic E-state index is -0.637. The summed E-state index contributed by atoms with van der Waals surface area (Å²) < 4.78 is 19.9. The van der Waals surface area contributed by atoms with Gasteiger partial charge in [0.25, 0.3) is 0 Å². The molecule has 20 heavy (non-hydrogen) atoms. The summed E-state index contributed by atoms with van der Waals surface area (Å²) in [4.78, 5) is 0. The normalized spacial score (nSPS) is 21.2. The molecule has 1 aliphatic rings. The molecule has 0 saturated heterocycles. The van der Waals surface area contributed by atoms with Crippen molar-refractivity contribution >= 4 is 27.5 Å². The Bertz CT molecular complexity index is 662. The molecule has 1 aliphatic heterocycles. The Labute approximate surface area is 129 Å². The standard InChI is InChI=1S/C15H11BrClFO2/c16-8-1-4-14-11(5-8)13(19)7-15(20-14)10-3-2-9(18)6-12(10)17/h1-6,13,15,19H,7H2/t13-,15?/m0/s1. The second kappa shape index (κ2) is 5.35.